The Morgan fingerprint density at radius 2 is 2.12 bits per heavy atom. The van der Waals surface area contributed by atoms with Gasteiger partial charge in [0.25, 0.3) is 0 Å². The second kappa shape index (κ2) is 4.29. The van der Waals surface area contributed by atoms with E-state index in [0.717, 1.165) is 31.4 Å². The molecule has 16 heavy (non-hydrogen) atoms. The van der Waals surface area contributed by atoms with Gasteiger partial charge in [0.1, 0.15) is 5.82 Å². The van der Waals surface area contributed by atoms with Crippen molar-refractivity contribution in [3.8, 4) is 0 Å². The van der Waals surface area contributed by atoms with E-state index in [0.29, 0.717) is 12.4 Å². The van der Waals surface area contributed by atoms with E-state index in [-0.39, 0.29) is 0 Å². The lowest BCUT2D eigenvalue weighted by molar-refractivity contribution is 0.0559. The smallest absolute Gasteiger partial charge is 0.123 e. The predicted molar refractivity (Wildman–Crippen MR) is 65.3 cm³/mol. The first-order chi connectivity index (χ1) is 7.59. The standard InChI is InChI=1S/C12H19N3O/c1-15(9-12(16)6-2-3-7-12)10-4-5-11(13)14-8-10/h4-5,8,16H,2-3,6-7,9H2,1H3,(H2,13,14). The van der Waals surface area contributed by atoms with Gasteiger partial charge in [-0.15, -0.1) is 0 Å². The van der Waals surface area contributed by atoms with Gasteiger partial charge in [-0.3, -0.25) is 0 Å². The molecule has 0 unspecified atom stereocenters. The van der Waals surface area contributed by atoms with Crippen LogP contribution in [-0.2, 0) is 0 Å². The van der Waals surface area contributed by atoms with Crippen molar-refractivity contribution in [1.29, 1.82) is 0 Å². The van der Waals surface area contributed by atoms with Gasteiger partial charge in [0.2, 0.25) is 0 Å². The fraction of sp³-hybridized carbons (Fsp3) is 0.583. The van der Waals surface area contributed by atoms with Crippen molar-refractivity contribution < 1.29 is 5.11 Å². The van der Waals surface area contributed by atoms with Gasteiger partial charge < -0.3 is 15.7 Å². The average Bonchev–Trinajstić information content (AvgIpc) is 2.65. The van der Waals surface area contributed by atoms with Gasteiger partial charge in [0, 0.05) is 13.6 Å². The third kappa shape index (κ3) is 2.44. The Kier molecular flexibility index (Phi) is 3.01. The Balaban J connectivity index is 2.02. The Morgan fingerprint density at radius 1 is 1.44 bits per heavy atom. The van der Waals surface area contributed by atoms with Crippen molar-refractivity contribution in [1.82, 2.24) is 4.98 Å². The van der Waals surface area contributed by atoms with Gasteiger partial charge in [0.15, 0.2) is 0 Å². The molecule has 0 bridgehead atoms. The molecule has 0 aliphatic heterocycles. The summed E-state index contributed by atoms with van der Waals surface area (Å²) >= 11 is 0. The first-order valence-corrected chi connectivity index (χ1v) is 5.74. The summed E-state index contributed by atoms with van der Waals surface area (Å²) in [5, 5.41) is 10.3. The molecule has 1 aliphatic carbocycles. The molecule has 1 heterocycles. The van der Waals surface area contributed by atoms with E-state index < -0.39 is 5.60 Å². The Morgan fingerprint density at radius 3 is 2.69 bits per heavy atom. The number of rotatable bonds is 3. The summed E-state index contributed by atoms with van der Waals surface area (Å²) in [7, 11) is 1.98. The molecular weight excluding hydrogens is 202 g/mol. The second-order valence-corrected chi connectivity index (χ2v) is 4.73. The van der Waals surface area contributed by atoms with Crippen molar-refractivity contribution in [3.63, 3.8) is 0 Å². The van der Waals surface area contributed by atoms with E-state index in [9.17, 15) is 5.11 Å². The molecule has 88 valence electrons. The lowest BCUT2D eigenvalue weighted by atomic mass is 10.0. The highest BCUT2D eigenvalue weighted by Crippen LogP contribution is 2.31. The fourth-order valence-corrected chi connectivity index (χ4v) is 2.35. The van der Waals surface area contributed by atoms with Crippen molar-refractivity contribution in [2.24, 2.45) is 0 Å². The molecule has 1 aliphatic rings. The third-order valence-electron chi connectivity index (χ3n) is 3.28. The number of nitrogen functional groups attached to an aromatic ring is 1. The van der Waals surface area contributed by atoms with Crippen molar-refractivity contribution in [2.45, 2.75) is 31.3 Å². The predicted octanol–water partition coefficient (Wildman–Crippen LogP) is 1.41. The number of likely N-dealkylation sites (N-methyl/N-ethyl adjacent to an activating group) is 1. The molecule has 3 N–H and O–H groups in total. The first-order valence-electron chi connectivity index (χ1n) is 5.74. The Bertz CT molecular complexity index is 344. The van der Waals surface area contributed by atoms with Crippen LogP contribution < -0.4 is 10.6 Å². The zero-order valence-electron chi connectivity index (χ0n) is 9.69. The topological polar surface area (TPSA) is 62.4 Å². The van der Waals surface area contributed by atoms with Crippen LogP contribution in [0.1, 0.15) is 25.7 Å². The van der Waals surface area contributed by atoms with E-state index in [4.69, 9.17) is 5.73 Å². The molecule has 1 fully saturated rings. The average molecular weight is 221 g/mol. The summed E-state index contributed by atoms with van der Waals surface area (Å²) in [5.74, 6) is 0.525. The van der Waals surface area contributed by atoms with Crippen LogP contribution in [-0.4, -0.2) is 29.3 Å². The Hall–Kier alpha value is -1.29. The van der Waals surface area contributed by atoms with Crippen LogP contribution >= 0.6 is 0 Å². The molecule has 4 heteroatoms. The molecule has 1 aromatic heterocycles. The van der Waals surface area contributed by atoms with E-state index >= 15 is 0 Å². The maximum Gasteiger partial charge on any atom is 0.123 e. The molecule has 0 atom stereocenters. The van der Waals surface area contributed by atoms with E-state index in [1.165, 1.54) is 0 Å². The van der Waals surface area contributed by atoms with Crippen LogP contribution in [0.4, 0.5) is 11.5 Å². The van der Waals surface area contributed by atoms with E-state index in [2.05, 4.69) is 4.98 Å². The van der Waals surface area contributed by atoms with Crippen LogP contribution in [0.3, 0.4) is 0 Å². The molecule has 4 nitrogen and oxygen atoms in total. The molecule has 2 rings (SSSR count). The van der Waals surface area contributed by atoms with Gasteiger partial charge in [-0.1, -0.05) is 12.8 Å². The molecule has 1 saturated carbocycles. The molecule has 0 aromatic carbocycles. The van der Waals surface area contributed by atoms with Gasteiger partial charge >= 0.3 is 0 Å². The summed E-state index contributed by atoms with van der Waals surface area (Å²) in [6.45, 7) is 0.665. The van der Waals surface area contributed by atoms with Crippen molar-refractivity contribution in [2.75, 3.05) is 24.2 Å². The number of pyridine rings is 1. The lowest BCUT2D eigenvalue weighted by Crippen LogP contribution is -2.39. The maximum absolute atomic E-state index is 10.3. The molecule has 0 saturated heterocycles. The highest BCUT2D eigenvalue weighted by Gasteiger charge is 2.32. The normalized spacial score (nSPS) is 18.6. The summed E-state index contributed by atoms with van der Waals surface area (Å²) in [6, 6.07) is 3.71. The number of aliphatic hydroxyl groups is 1. The molecule has 1 aromatic rings. The van der Waals surface area contributed by atoms with Crippen molar-refractivity contribution in [3.05, 3.63) is 18.3 Å². The minimum absolute atomic E-state index is 0.518. The second-order valence-electron chi connectivity index (χ2n) is 4.73. The van der Waals surface area contributed by atoms with Gasteiger partial charge in [0.05, 0.1) is 17.5 Å². The largest absolute Gasteiger partial charge is 0.388 e. The lowest BCUT2D eigenvalue weighted by Gasteiger charge is -2.29. The summed E-state index contributed by atoms with van der Waals surface area (Å²) in [5.41, 5.74) is 6.01. The van der Waals surface area contributed by atoms with Crippen LogP contribution in [0, 0.1) is 0 Å². The zero-order chi connectivity index (χ0) is 11.6. The quantitative estimate of drug-likeness (QED) is 0.810. The van der Waals surface area contributed by atoms with Crippen molar-refractivity contribution >= 4 is 11.5 Å². The van der Waals surface area contributed by atoms with Gasteiger partial charge in [-0.05, 0) is 25.0 Å². The molecule has 0 spiro atoms. The minimum atomic E-state index is -0.518. The fourth-order valence-electron chi connectivity index (χ4n) is 2.35. The summed E-state index contributed by atoms with van der Waals surface area (Å²) in [4.78, 5) is 6.09. The highest BCUT2D eigenvalue weighted by molar-refractivity contribution is 5.47. The van der Waals surface area contributed by atoms with Crippen LogP contribution in [0.15, 0.2) is 18.3 Å². The third-order valence-corrected chi connectivity index (χ3v) is 3.28. The van der Waals surface area contributed by atoms with Crippen LogP contribution in [0.25, 0.3) is 0 Å². The van der Waals surface area contributed by atoms with Crippen LogP contribution in [0.2, 0.25) is 0 Å². The summed E-state index contributed by atoms with van der Waals surface area (Å²) in [6.07, 6.45) is 5.81. The van der Waals surface area contributed by atoms with E-state index in [1.807, 2.05) is 18.0 Å². The maximum atomic E-state index is 10.3. The number of anilines is 2. The minimum Gasteiger partial charge on any atom is -0.388 e. The van der Waals surface area contributed by atoms with Gasteiger partial charge in [-0.2, -0.15) is 0 Å². The summed E-state index contributed by atoms with van der Waals surface area (Å²) < 4.78 is 0. The Labute approximate surface area is 96.1 Å². The number of hydrogen-bond acceptors (Lipinski definition) is 4. The first kappa shape index (κ1) is 11.2. The van der Waals surface area contributed by atoms with Crippen LogP contribution in [0.5, 0.6) is 0 Å². The SMILES string of the molecule is CN(CC1(O)CCCC1)c1ccc(N)nc1. The molecule has 0 amide bonds. The number of hydrogen-bond donors (Lipinski definition) is 2. The molecule has 0 radical (unpaired) electrons. The number of nitrogens with two attached hydrogens (primary N) is 1. The van der Waals surface area contributed by atoms with E-state index in [1.54, 1.807) is 12.3 Å². The van der Waals surface area contributed by atoms with Gasteiger partial charge in [-0.25, -0.2) is 4.98 Å². The zero-order valence-corrected chi connectivity index (χ0v) is 9.69. The highest BCUT2D eigenvalue weighted by atomic mass is 16.3. The number of aromatic nitrogens is 1. The number of nitrogens with zero attached hydrogens (tertiary/aromatic N) is 2. The molecular formula is C12H19N3O. The monoisotopic (exact) mass is 221 g/mol.